The average molecular weight is 498 g/mol. The molecule has 0 aliphatic carbocycles. The van der Waals surface area contributed by atoms with Crippen LogP contribution in [0, 0.1) is 12.7 Å². The second-order valence-electron chi connectivity index (χ2n) is 7.68. The molecule has 2 aromatic heterocycles. The van der Waals surface area contributed by atoms with Crippen LogP contribution in [-0.2, 0) is 20.9 Å². The Bertz CT molecular complexity index is 1290. The summed E-state index contributed by atoms with van der Waals surface area (Å²) in [7, 11) is 0. The molecule has 0 saturated heterocycles. The third-order valence-electron chi connectivity index (χ3n) is 5.10. The number of benzene rings is 1. The first-order valence-electron chi connectivity index (χ1n) is 11.0. The lowest BCUT2D eigenvalue weighted by Gasteiger charge is -2.27. The Morgan fingerprint density at radius 2 is 1.75 bits per heavy atom. The van der Waals surface area contributed by atoms with E-state index in [-0.39, 0.29) is 36.1 Å². The summed E-state index contributed by atoms with van der Waals surface area (Å²) in [5.74, 6) is -0.339. The molecule has 3 aromatic rings. The summed E-state index contributed by atoms with van der Waals surface area (Å²) in [4.78, 5) is 37.6. The number of rotatable bonds is 9. The van der Waals surface area contributed by atoms with Gasteiger partial charge < -0.3 is 33.7 Å². The van der Waals surface area contributed by atoms with E-state index in [9.17, 15) is 18.8 Å². The van der Waals surface area contributed by atoms with Gasteiger partial charge in [0.2, 0.25) is 5.76 Å². The predicted molar refractivity (Wildman–Crippen MR) is 121 cm³/mol. The van der Waals surface area contributed by atoms with E-state index in [0.717, 1.165) is 0 Å². The summed E-state index contributed by atoms with van der Waals surface area (Å²) in [6.07, 6.45) is 0. The normalized spacial score (nSPS) is 15.2. The highest BCUT2D eigenvalue weighted by Crippen LogP contribution is 2.29. The van der Waals surface area contributed by atoms with Crippen molar-refractivity contribution in [2.24, 2.45) is 0 Å². The molecule has 0 radical (unpaired) electrons. The van der Waals surface area contributed by atoms with Crippen molar-refractivity contribution in [2.45, 2.75) is 26.5 Å². The molecule has 1 aliphatic heterocycles. The molecule has 1 aliphatic rings. The van der Waals surface area contributed by atoms with E-state index in [1.165, 1.54) is 36.4 Å². The number of esters is 2. The second-order valence-corrected chi connectivity index (χ2v) is 7.68. The molecule has 3 heterocycles. The molecule has 10 nitrogen and oxygen atoms in total. The number of carbonyl (C=O) groups is 3. The van der Waals surface area contributed by atoms with Gasteiger partial charge in [0.25, 0.3) is 0 Å². The lowest BCUT2D eigenvalue weighted by atomic mass is 10.0. The summed E-state index contributed by atoms with van der Waals surface area (Å²) >= 11 is 0. The zero-order valence-electron chi connectivity index (χ0n) is 19.5. The largest absolute Gasteiger partial charge is 0.486 e. The van der Waals surface area contributed by atoms with Crippen LogP contribution in [0.4, 0.5) is 9.18 Å². The second kappa shape index (κ2) is 10.8. The molecule has 1 aromatic carbocycles. The van der Waals surface area contributed by atoms with E-state index in [1.807, 2.05) is 0 Å². The first kappa shape index (κ1) is 24.6. The highest BCUT2D eigenvalue weighted by molar-refractivity contribution is 5.95. The molecule has 1 atom stereocenters. The van der Waals surface area contributed by atoms with Gasteiger partial charge >= 0.3 is 18.0 Å². The smallest absolute Gasteiger partial charge is 0.374 e. The number of hydrogen-bond donors (Lipinski definition) is 2. The van der Waals surface area contributed by atoms with Crippen molar-refractivity contribution < 1.29 is 41.8 Å². The molecule has 2 N–H and O–H groups in total. The van der Waals surface area contributed by atoms with Gasteiger partial charge in [0.15, 0.2) is 0 Å². The lowest BCUT2D eigenvalue weighted by Crippen LogP contribution is -2.47. The average Bonchev–Trinajstić information content (AvgIpc) is 3.51. The predicted octanol–water partition coefficient (Wildman–Crippen LogP) is 3.93. The van der Waals surface area contributed by atoms with Crippen LogP contribution in [0.25, 0.3) is 0 Å². The van der Waals surface area contributed by atoms with Crippen molar-refractivity contribution in [3.05, 3.63) is 88.7 Å². The number of furan rings is 2. The molecule has 0 bridgehead atoms. The van der Waals surface area contributed by atoms with Crippen molar-refractivity contribution in [3.8, 4) is 5.75 Å². The van der Waals surface area contributed by atoms with Crippen LogP contribution in [0.5, 0.6) is 5.75 Å². The van der Waals surface area contributed by atoms with E-state index >= 15 is 0 Å². The number of amides is 2. The van der Waals surface area contributed by atoms with E-state index < -0.39 is 30.6 Å². The Morgan fingerprint density at radius 1 is 0.972 bits per heavy atom. The van der Waals surface area contributed by atoms with Crippen LogP contribution in [0.15, 0.2) is 68.6 Å². The molecule has 2 amide bonds. The molecule has 0 unspecified atom stereocenters. The number of ether oxygens (including phenoxy) is 3. The molecule has 0 spiro atoms. The van der Waals surface area contributed by atoms with Gasteiger partial charge in [0.1, 0.15) is 48.1 Å². The fourth-order valence-corrected chi connectivity index (χ4v) is 3.46. The monoisotopic (exact) mass is 498 g/mol. The van der Waals surface area contributed by atoms with Crippen LogP contribution >= 0.6 is 0 Å². The van der Waals surface area contributed by atoms with Gasteiger partial charge in [-0.1, -0.05) is 0 Å². The van der Waals surface area contributed by atoms with E-state index in [2.05, 4.69) is 10.6 Å². The Labute approximate surface area is 205 Å². The maximum absolute atomic E-state index is 13.0. The topological polar surface area (TPSA) is 129 Å². The van der Waals surface area contributed by atoms with E-state index in [1.54, 1.807) is 26.0 Å². The molecule has 36 heavy (non-hydrogen) atoms. The van der Waals surface area contributed by atoms with Crippen LogP contribution in [0.1, 0.15) is 40.8 Å². The number of halogens is 1. The minimum Gasteiger partial charge on any atom is -0.486 e. The van der Waals surface area contributed by atoms with Crippen molar-refractivity contribution in [3.63, 3.8) is 0 Å². The molecular formula is C25H23FN2O8. The molecule has 4 rings (SSSR count). The van der Waals surface area contributed by atoms with Gasteiger partial charge in [0.05, 0.1) is 17.9 Å². The fourth-order valence-electron chi connectivity index (χ4n) is 3.46. The lowest BCUT2D eigenvalue weighted by molar-refractivity contribution is -0.139. The number of carbonyl (C=O) groups excluding carboxylic acids is 3. The van der Waals surface area contributed by atoms with Crippen LogP contribution in [0.2, 0.25) is 0 Å². The van der Waals surface area contributed by atoms with Crippen molar-refractivity contribution in [1.82, 2.24) is 10.6 Å². The van der Waals surface area contributed by atoms with Gasteiger partial charge in [-0.25, -0.2) is 18.8 Å². The van der Waals surface area contributed by atoms with Gasteiger partial charge in [-0.15, -0.1) is 0 Å². The quantitative estimate of drug-likeness (QED) is 0.425. The summed E-state index contributed by atoms with van der Waals surface area (Å²) in [6.45, 7) is 3.04. The van der Waals surface area contributed by atoms with Crippen LogP contribution < -0.4 is 15.4 Å². The zero-order valence-corrected chi connectivity index (χ0v) is 19.5. The van der Waals surface area contributed by atoms with Gasteiger partial charge in [-0.3, -0.25) is 0 Å². The number of aryl methyl sites for hydroxylation is 1. The Balaban J connectivity index is 1.46. The SMILES string of the molecule is CCOC(=O)C1=C(COC(=O)c2ccc(COc3ccc(F)cc3)o2)NC(=O)N[C@H]1c1ccc(C)o1. The Morgan fingerprint density at radius 3 is 2.44 bits per heavy atom. The van der Waals surface area contributed by atoms with E-state index in [0.29, 0.717) is 23.0 Å². The van der Waals surface area contributed by atoms with Crippen molar-refractivity contribution in [2.75, 3.05) is 13.2 Å². The van der Waals surface area contributed by atoms with Gasteiger partial charge in [-0.2, -0.15) is 0 Å². The Hall–Kier alpha value is -4.54. The first-order valence-corrected chi connectivity index (χ1v) is 11.0. The minimum atomic E-state index is -0.931. The summed E-state index contributed by atoms with van der Waals surface area (Å²) < 4.78 is 40.0. The third kappa shape index (κ3) is 5.74. The number of nitrogens with one attached hydrogen (secondary N) is 2. The number of urea groups is 1. The zero-order chi connectivity index (χ0) is 25.7. The molecule has 0 saturated carbocycles. The number of hydrogen-bond acceptors (Lipinski definition) is 8. The molecule has 11 heteroatoms. The maximum Gasteiger partial charge on any atom is 0.374 e. The molecule has 188 valence electrons. The van der Waals surface area contributed by atoms with Crippen LogP contribution in [0.3, 0.4) is 0 Å². The maximum atomic E-state index is 13.0. The fraction of sp³-hybridized carbons (Fsp3) is 0.240. The Kier molecular flexibility index (Phi) is 7.38. The molecular weight excluding hydrogens is 475 g/mol. The minimum absolute atomic E-state index is 0.00302. The molecule has 0 fully saturated rings. The van der Waals surface area contributed by atoms with Crippen molar-refractivity contribution in [1.29, 1.82) is 0 Å². The first-order chi connectivity index (χ1) is 17.3. The highest BCUT2D eigenvalue weighted by atomic mass is 19.1. The third-order valence-corrected chi connectivity index (χ3v) is 5.10. The van der Waals surface area contributed by atoms with Gasteiger partial charge in [-0.05, 0) is 62.4 Å². The summed E-state index contributed by atoms with van der Waals surface area (Å²) in [6, 6.07) is 10.2. The van der Waals surface area contributed by atoms with Gasteiger partial charge in [0, 0.05) is 0 Å². The standard InChI is InChI=1S/C25H23FN2O8/c1-3-32-24(30)21-18(27-25(31)28-22(21)19-10-4-14(2)35-19)13-34-23(29)20-11-9-17(36-20)12-33-16-7-5-15(26)6-8-16/h4-11,22H,3,12-13H2,1-2H3,(H2,27,28,31)/t22-/m0/s1. The highest BCUT2D eigenvalue weighted by Gasteiger charge is 2.36. The van der Waals surface area contributed by atoms with E-state index in [4.69, 9.17) is 23.0 Å². The van der Waals surface area contributed by atoms with Crippen LogP contribution in [-0.4, -0.2) is 31.2 Å². The van der Waals surface area contributed by atoms with Crippen molar-refractivity contribution >= 4 is 18.0 Å². The summed E-state index contributed by atoms with van der Waals surface area (Å²) in [5.41, 5.74) is 0.0995. The summed E-state index contributed by atoms with van der Waals surface area (Å²) in [5, 5.41) is 5.12.